The SMILES string of the molecule is CCC(O)(Cc1ccc(C)c(C)c1)c1ccccc1. The van der Waals surface area contributed by atoms with E-state index >= 15 is 0 Å². The van der Waals surface area contributed by atoms with Crippen molar-refractivity contribution in [2.45, 2.75) is 39.2 Å². The molecular formula is C18H22O. The molecule has 0 aliphatic carbocycles. The van der Waals surface area contributed by atoms with Gasteiger partial charge in [-0.1, -0.05) is 55.5 Å². The van der Waals surface area contributed by atoms with E-state index in [0.717, 1.165) is 5.56 Å². The van der Waals surface area contributed by atoms with Crippen molar-refractivity contribution in [1.29, 1.82) is 0 Å². The van der Waals surface area contributed by atoms with Gasteiger partial charge in [-0.25, -0.2) is 0 Å². The molecule has 1 nitrogen and oxygen atoms in total. The number of aryl methyl sites for hydroxylation is 2. The predicted octanol–water partition coefficient (Wildman–Crippen LogP) is 4.14. The molecule has 19 heavy (non-hydrogen) atoms. The monoisotopic (exact) mass is 254 g/mol. The molecule has 1 atom stereocenters. The fourth-order valence-electron chi connectivity index (χ4n) is 2.43. The summed E-state index contributed by atoms with van der Waals surface area (Å²) in [5.74, 6) is 0. The van der Waals surface area contributed by atoms with E-state index in [2.05, 4.69) is 32.0 Å². The van der Waals surface area contributed by atoms with Crippen molar-refractivity contribution in [2.24, 2.45) is 0 Å². The van der Waals surface area contributed by atoms with Crippen LogP contribution in [-0.2, 0) is 12.0 Å². The lowest BCUT2D eigenvalue weighted by molar-refractivity contribution is 0.0327. The van der Waals surface area contributed by atoms with Crippen LogP contribution in [0, 0.1) is 13.8 Å². The maximum atomic E-state index is 10.9. The molecule has 0 amide bonds. The van der Waals surface area contributed by atoms with Gasteiger partial charge < -0.3 is 5.11 Å². The number of benzene rings is 2. The van der Waals surface area contributed by atoms with Gasteiger partial charge in [0.2, 0.25) is 0 Å². The van der Waals surface area contributed by atoms with Gasteiger partial charge in [-0.3, -0.25) is 0 Å². The highest BCUT2D eigenvalue weighted by molar-refractivity contribution is 5.32. The number of rotatable bonds is 4. The molecule has 0 aliphatic heterocycles. The lowest BCUT2D eigenvalue weighted by Crippen LogP contribution is -2.27. The van der Waals surface area contributed by atoms with Crippen molar-refractivity contribution in [3.8, 4) is 0 Å². The highest BCUT2D eigenvalue weighted by Crippen LogP contribution is 2.29. The highest BCUT2D eigenvalue weighted by atomic mass is 16.3. The molecule has 0 aromatic heterocycles. The smallest absolute Gasteiger partial charge is 0.0934 e. The third-order valence-corrected chi connectivity index (χ3v) is 3.96. The Balaban J connectivity index is 2.30. The second-order valence-corrected chi connectivity index (χ2v) is 5.35. The molecule has 1 N–H and O–H groups in total. The summed E-state index contributed by atoms with van der Waals surface area (Å²) in [4.78, 5) is 0. The van der Waals surface area contributed by atoms with E-state index in [0.29, 0.717) is 12.8 Å². The Morgan fingerprint density at radius 1 is 0.947 bits per heavy atom. The Bertz CT molecular complexity index is 545. The normalized spacial score (nSPS) is 14.1. The number of hydrogen-bond acceptors (Lipinski definition) is 1. The third kappa shape index (κ3) is 3.05. The van der Waals surface area contributed by atoms with Crippen LogP contribution in [0.1, 0.15) is 35.6 Å². The minimum absolute atomic E-state index is 0.661. The van der Waals surface area contributed by atoms with Crippen LogP contribution < -0.4 is 0 Å². The molecule has 0 saturated carbocycles. The van der Waals surface area contributed by atoms with Crippen molar-refractivity contribution in [3.63, 3.8) is 0 Å². The number of aliphatic hydroxyl groups is 1. The highest BCUT2D eigenvalue weighted by Gasteiger charge is 2.27. The van der Waals surface area contributed by atoms with E-state index in [-0.39, 0.29) is 0 Å². The van der Waals surface area contributed by atoms with Crippen molar-refractivity contribution in [1.82, 2.24) is 0 Å². The van der Waals surface area contributed by atoms with Gasteiger partial charge in [-0.15, -0.1) is 0 Å². The summed E-state index contributed by atoms with van der Waals surface area (Å²) in [6.07, 6.45) is 1.37. The van der Waals surface area contributed by atoms with E-state index in [1.165, 1.54) is 16.7 Å². The number of hydrogen-bond donors (Lipinski definition) is 1. The lowest BCUT2D eigenvalue weighted by atomic mass is 9.84. The minimum Gasteiger partial charge on any atom is -0.385 e. The summed E-state index contributed by atoms with van der Waals surface area (Å²) in [5.41, 5.74) is 3.99. The van der Waals surface area contributed by atoms with Gasteiger partial charge >= 0.3 is 0 Å². The van der Waals surface area contributed by atoms with E-state index in [9.17, 15) is 5.11 Å². The quantitative estimate of drug-likeness (QED) is 0.869. The van der Waals surface area contributed by atoms with Gasteiger partial charge in [0, 0.05) is 6.42 Å². The lowest BCUT2D eigenvalue weighted by Gasteiger charge is -2.28. The van der Waals surface area contributed by atoms with Crippen LogP contribution in [0.5, 0.6) is 0 Å². The first-order valence-corrected chi connectivity index (χ1v) is 6.89. The van der Waals surface area contributed by atoms with Crippen molar-refractivity contribution in [2.75, 3.05) is 0 Å². The Morgan fingerprint density at radius 3 is 2.21 bits per heavy atom. The first-order chi connectivity index (χ1) is 9.05. The zero-order chi connectivity index (χ0) is 13.9. The van der Waals surface area contributed by atoms with Crippen molar-refractivity contribution >= 4 is 0 Å². The maximum Gasteiger partial charge on any atom is 0.0934 e. The molecule has 2 aromatic carbocycles. The van der Waals surface area contributed by atoms with Crippen LogP contribution in [0.15, 0.2) is 48.5 Å². The molecule has 0 bridgehead atoms. The first kappa shape index (κ1) is 13.8. The molecule has 100 valence electrons. The molecule has 1 unspecified atom stereocenters. The topological polar surface area (TPSA) is 20.2 Å². The molecule has 0 spiro atoms. The van der Waals surface area contributed by atoms with Crippen LogP contribution in [0.2, 0.25) is 0 Å². The summed E-state index contributed by atoms with van der Waals surface area (Å²) in [6, 6.07) is 16.4. The summed E-state index contributed by atoms with van der Waals surface area (Å²) in [7, 11) is 0. The Morgan fingerprint density at radius 2 is 1.63 bits per heavy atom. The predicted molar refractivity (Wildman–Crippen MR) is 80.2 cm³/mol. The average Bonchev–Trinajstić information content (AvgIpc) is 2.44. The zero-order valence-electron chi connectivity index (χ0n) is 12.0. The first-order valence-electron chi connectivity index (χ1n) is 6.89. The van der Waals surface area contributed by atoms with Gasteiger partial charge in [-0.05, 0) is 42.5 Å². The van der Waals surface area contributed by atoms with E-state index in [1.54, 1.807) is 0 Å². The van der Waals surface area contributed by atoms with Crippen molar-refractivity contribution < 1.29 is 5.11 Å². The van der Waals surface area contributed by atoms with Gasteiger partial charge in [0.15, 0.2) is 0 Å². The Hall–Kier alpha value is -1.60. The van der Waals surface area contributed by atoms with Crippen LogP contribution in [0.3, 0.4) is 0 Å². The standard InChI is InChI=1S/C18H22O/c1-4-18(19,17-8-6-5-7-9-17)13-16-11-10-14(2)15(3)12-16/h5-12,19H,4,13H2,1-3H3. The van der Waals surface area contributed by atoms with Crippen LogP contribution >= 0.6 is 0 Å². The van der Waals surface area contributed by atoms with Crippen LogP contribution in [0.25, 0.3) is 0 Å². The summed E-state index contributed by atoms with van der Waals surface area (Å²) in [6.45, 7) is 6.27. The molecule has 0 radical (unpaired) electrons. The molecule has 0 heterocycles. The van der Waals surface area contributed by atoms with E-state index in [4.69, 9.17) is 0 Å². The van der Waals surface area contributed by atoms with E-state index < -0.39 is 5.60 Å². The average molecular weight is 254 g/mol. The molecule has 2 aromatic rings. The summed E-state index contributed by atoms with van der Waals surface area (Å²) < 4.78 is 0. The molecule has 0 saturated heterocycles. The van der Waals surface area contributed by atoms with Gasteiger partial charge in [-0.2, -0.15) is 0 Å². The fraction of sp³-hybridized carbons (Fsp3) is 0.333. The Labute approximate surface area is 115 Å². The second-order valence-electron chi connectivity index (χ2n) is 5.35. The maximum absolute atomic E-state index is 10.9. The molecule has 1 heteroatoms. The van der Waals surface area contributed by atoms with E-state index in [1.807, 2.05) is 37.3 Å². The molecule has 2 rings (SSSR count). The minimum atomic E-state index is -0.775. The molecule has 0 aliphatic rings. The third-order valence-electron chi connectivity index (χ3n) is 3.96. The summed E-state index contributed by atoms with van der Waals surface area (Å²) >= 11 is 0. The molecular weight excluding hydrogens is 232 g/mol. The van der Waals surface area contributed by atoms with Gasteiger partial charge in [0.05, 0.1) is 5.60 Å². The largest absolute Gasteiger partial charge is 0.385 e. The summed E-state index contributed by atoms with van der Waals surface area (Å²) in [5, 5.41) is 10.9. The van der Waals surface area contributed by atoms with Crippen molar-refractivity contribution in [3.05, 3.63) is 70.8 Å². The Kier molecular flexibility index (Phi) is 4.06. The molecule has 0 fully saturated rings. The van der Waals surface area contributed by atoms with Gasteiger partial charge in [0.1, 0.15) is 0 Å². The van der Waals surface area contributed by atoms with Crippen LogP contribution in [0.4, 0.5) is 0 Å². The zero-order valence-corrected chi connectivity index (χ0v) is 12.0. The van der Waals surface area contributed by atoms with Crippen LogP contribution in [-0.4, -0.2) is 5.11 Å². The fourth-order valence-corrected chi connectivity index (χ4v) is 2.43. The second kappa shape index (κ2) is 5.58. The van der Waals surface area contributed by atoms with Gasteiger partial charge in [0.25, 0.3) is 0 Å².